The number of benzene rings is 1. The monoisotopic (exact) mass is 333 g/mol. The summed E-state index contributed by atoms with van der Waals surface area (Å²) in [5.41, 5.74) is 1.35. The molecule has 2 N–H and O–H groups in total. The van der Waals surface area contributed by atoms with Crippen molar-refractivity contribution >= 4 is 17.2 Å². The molecule has 2 heterocycles. The minimum atomic E-state index is -0.160. The maximum atomic E-state index is 12.1. The summed E-state index contributed by atoms with van der Waals surface area (Å²) >= 11 is 1.44. The fourth-order valence-electron chi connectivity index (χ4n) is 2.13. The zero-order chi connectivity index (χ0) is 16.2. The largest absolute Gasteiger partial charge is 0.486 e. The van der Waals surface area contributed by atoms with Crippen LogP contribution in [0.4, 0.5) is 0 Å². The summed E-state index contributed by atoms with van der Waals surface area (Å²) in [5, 5.41) is 8.49. The molecule has 7 heteroatoms. The number of thiazole rings is 1. The molecule has 0 saturated carbocycles. The van der Waals surface area contributed by atoms with Crippen molar-refractivity contribution in [3.05, 3.63) is 29.3 Å². The molecule has 3 rings (SSSR count). The number of rotatable bonds is 5. The number of carbonyl (C=O) groups is 1. The maximum Gasteiger partial charge on any atom is 0.270 e. The standard InChI is InChI=1S/C16H19N3O3S/c1-10(17-2)8-18-15(20)12-9-23-16(19-12)11-3-4-13-14(7-11)22-6-5-21-13/h3-4,7,9-10,17H,5-6,8H2,1-2H3,(H,18,20). The number of amides is 1. The number of aromatic nitrogens is 1. The fraction of sp³-hybridized carbons (Fsp3) is 0.375. The van der Waals surface area contributed by atoms with E-state index < -0.39 is 0 Å². The molecule has 0 fully saturated rings. The first-order valence-electron chi connectivity index (χ1n) is 7.48. The van der Waals surface area contributed by atoms with Crippen LogP contribution in [0.5, 0.6) is 11.5 Å². The van der Waals surface area contributed by atoms with Crippen molar-refractivity contribution in [2.45, 2.75) is 13.0 Å². The molecule has 1 atom stereocenters. The van der Waals surface area contributed by atoms with Crippen molar-refractivity contribution in [3.63, 3.8) is 0 Å². The van der Waals surface area contributed by atoms with Gasteiger partial charge in [0.25, 0.3) is 5.91 Å². The molecule has 0 spiro atoms. The Hall–Kier alpha value is -2.12. The van der Waals surface area contributed by atoms with E-state index in [9.17, 15) is 4.79 Å². The minimum absolute atomic E-state index is 0.160. The summed E-state index contributed by atoms with van der Waals surface area (Å²) in [4.78, 5) is 16.5. The molecule has 1 aliphatic heterocycles. The first-order chi connectivity index (χ1) is 11.2. The number of nitrogens with zero attached hydrogens (tertiary/aromatic N) is 1. The van der Waals surface area contributed by atoms with Crippen LogP contribution in [0.25, 0.3) is 10.6 Å². The summed E-state index contributed by atoms with van der Waals surface area (Å²) in [6, 6.07) is 5.92. The van der Waals surface area contributed by atoms with Crippen LogP contribution in [-0.4, -0.2) is 43.7 Å². The maximum absolute atomic E-state index is 12.1. The number of hydrogen-bond acceptors (Lipinski definition) is 6. The van der Waals surface area contributed by atoms with Crippen LogP contribution in [0.2, 0.25) is 0 Å². The zero-order valence-electron chi connectivity index (χ0n) is 13.1. The number of ether oxygens (including phenoxy) is 2. The summed E-state index contributed by atoms with van der Waals surface area (Å²) in [6.07, 6.45) is 0. The van der Waals surface area contributed by atoms with Crippen LogP contribution in [-0.2, 0) is 0 Å². The number of fused-ring (bicyclic) bond motifs is 1. The number of nitrogens with one attached hydrogen (secondary N) is 2. The predicted molar refractivity (Wildman–Crippen MR) is 89.4 cm³/mol. The van der Waals surface area contributed by atoms with Gasteiger partial charge in [-0.3, -0.25) is 4.79 Å². The third-order valence-corrected chi connectivity index (χ3v) is 4.48. The quantitative estimate of drug-likeness (QED) is 0.875. The molecule has 0 aliphatic carbocycles. The Labute approximate surface area is 138 Å². The van der Waals surface area contributed by atoms with Gasteiger partial charge in [0, 0.05) is 23.5 Å². The first-order valence-corrected chi connectivity index (χ1v) is 8.36. The van der Waals surface area contributed by atoms with Crippen LogP contribution >= 0.6 is 11.3 Å². The number of likely N-dealkylation sites (N-methyl/N-ethyl adjacent to an activating group) is 1. The molecule has 0 radical (unpaired) electrons. The third-order valence-electron chi connectivity index (χ3n) is 3.59. The van der Waals surface area contributed by atoms with E-state index in [1.54, 1.807) is 5.38 Å². The Bertz CT molecular complexity index is 702. The van der Waals surface area contributed by atoms with E-state index in [1.165, 1.54) is 11.3 Å². The van der Waals surface area contributed by atoms with Gasteiger partial charge in [-0.1, -0.05) is 0 Å². The van der Waals surface area contributed by atoms with Gasteiger partial charge in [0.2, 0.25) is 0 Å². The van der Waals surface area contributed by atoms with Crippen LogP contribution in [0.15, 0.2) is 23.6 Å². The second-order valence-corrected chi connectivity index (χ2v) is 6.15. The Balaban J connectivity index is 1.73. The summed E-state index contributed by atoms with van der Waals surface area (Å²) in [7, 11) is 1.86. The summed E-state index contributed by atoms with van der Waals surface area (Å²) < 4.78 is 11.1. The van der Waals surface area contributed by atoms with Crippen LogP contribution in [0.1, 0.15) is 17.4 Å². The molecule has 1 amide bonds. The van der Waals surface area contributed by atoms with E-state index in [-0.39, 0.29) is 11.9 Å². The van der Waals surface area contributed by atoms with Crippen molar-refractivity contribution in [3.8, 4) is 22.1 Å². The lowest BCUT2D eigenvalue weighted by Crippen LogP contribution is -2.37. The second kappa shape index (κ2) is 6.97. The smallest absolute Gasteiger partial charge is 0.270 e. The van der Waals surface area contributed by atoms with Crippen LogP contribution in [0, 0.1) is 0 Å². The van der Waals surface area contributed by atoms with Gasteiger partial charge in [-0.05, 0) is 32.2 Å². The Morgan fingerprint density at radius 2 is 2.13 bits per heavy atom. The van der Waals surface area contributed by atoms with Gasteiger partial charge in [-0.2, -0.15) is 0 Å². The molecule has 1 unspecified atom stereocenters. The molecule has 0 saturated heterocycles. The predicted octanol–water partition coefficient (Wildman–Crippen LogP) is 1.92. The molecule has 122 valence electrons. The van der Waals surface area contributed by atoms with Crippen molar-refractivity contribution in [1.82, 2.24) is 15.6 Å². The lowest BCUT2D eigenvalue weighted by atomic mass is 10.2. The van der Waals surface area contributed by atoms with E-state index in [0.717, 1.165) is 22.1 Å². The molecule has 6 nitrogen and oxygen atoms in total. The molecule has 1 aliphatic rings. The van der Waals surface area contributed by atoms with Crippen molar-refractivity contribution in [2.75, 3.05) is 26.8 Å². The highest BCUT2D eigenvalue weighted by Gasteiger charge is 2.16. The van der Waals surface area contributed by atoms with E-state index in [4.69, 9.17) is 9.47 Å². The average Bonchev–Trinajstić information content (AvgIpc) is 3.09. The molecule has 1 aromatic heterocycles. The van der Waals surface area contributed by atoms with Gasteiger partial charge in [0.15, 0.2) is 11.5 Å². The molecule has 0 bridgehead atoms. The van der Waals surface area contributed by atoms with Crippen LogP contribution < -0.4 is 20.1 Å². The number of carbonyl (C=O) groups excluding carboxylic acids is 1. The topological polar surface area (TPSA) is 72.5 Å². The molecular weight excluding hydrogens is 314 g/mol. The number of hydrogen-bond donors (Lipinski definition) is 2. The van der Waals surface area contributed by atoms with Gasteiger partial charge < -0.3 is 20.1 Å². The van der Waals surface area contributed by atoms with E-state index in [0.29, 0.717) is 25.5 Å². The zero-order valence-corrected chi connectivity index (χ0v) is 13.9. The third kappa shape index (κ3) is 3.62. The summed E-state index contributed by atoms with van der Waals surface area (Å²) in [5.74, 6) is 1.31. The highest BCUT2D eigenvalue weighted by Crippen LogP contribution is 2.35. The molecule has 1 aromatic carbocycles. The fourth-order valence-corrected chi connectivity index (χ4v) is 2.92. The van der Waals surface area contributed by atoms with Crippen LogP contribution in [0.3, 0.4) is 0 Å². The summed E-state index contributed by atoms with van der Waals surface area (Å²) in [6.45, 7) is 3.68. The normalized spacial score (nSPS) is 14.3. The van der Waals surface area contributed by atoms with Gasteiger partial charge >= 0.3 is 0 Å². The Morgan fingerprint density at radius 3 is 2.91 bits per heavy atom. The van der Waals surface area contributed by atoms with Gasteiger partial charge in [0.1, 0.15) is 23.9 Å². The Kier molecular flexibility index (Phi) is 4.78. The molecule has 2 aromatic rings. The highest BCUT2D eigenvalue weighted by atomic mass is 32.1. The van der Waals surface area contributed by atoms with E-state index in [1.807, 2.05) is 32.2 Å². The second-order valence-electron chi connectivity index (χ2n) is 5.30. The average molecular weight is 333 g/mol. The lowest BCUT2D eigenvalue weighted by Gasteiger charge is -2.18. The van der Waals surface area contributed by atoms with Crippen molar-refractivity contribution in [1.29, 1.82) is 0 Å². The van der Waals surface area contributed by atoms with Crippen molar-refractivity contribution in [2.24, 2.45) is 0 Å². The lowest BCUT2D eigenvalue weighted by molar-refractivity contribution is 0.0946. The first kappa shape index (κ1) is 15.8. The SMILES string of the molecule is CNC(C)CNC(=O)c1csc(-c2ccc3c(c2)OCCO3)n1. The molecule has 23 heavy (non-hydrogen) atoms. The van der Waals surface area contributed by atoms with Gasteiger partial charge in [0.05, 0.1) is 0 Å². The van der Waals surface area contributed by atoms with E-state index >= 15 is 0 Å². The molecular formula is C16H19N3O3S. The minimum Gasteiger partial charge on any atom is -0.486 e. The highest BCUT2D eigenvalue weighted by molar-refractivity contribution is 7.13. The van der Waals surface area contributed by atoms with E-state index in [2.05, 4.69) is 15.6 Å². The van der Waals surface area contributed by atoms with Gasteiger partial charge in [-0.15, -0.1) is 11.3 Å². The van der Waals surface area contributed by atoms with Crippen molar-refractivity contribution < 1.29 is 14.3 Å². The Morgan fingerprint density at radius 1 is 1.35 bits per heavy atom. The van der Waals surface area contributed by atoms with Gasteiger partial charge in [-0.25, -0.2) is 4.98 Å².